The second-order valence-electron chi connectivity index (χ2n) is 6.67. The number of hydrogen-bond donors (Lipinski definition) is 1. The molecule has 0 aliphatic heterocycles. The summed E-state index contributed by atoms with van der Waals surface area (Å²) in [4.78, 5) is 21.7. The molecule has 0 unspecified atom stereocenters. The highest BCUT2D eigenvalue weighted by Crippen LogP contribution is 2.42. The van der Waals surface area contributed by atoms with Gasteiger partial charge < -0.3 is 10.1 Å². The zero-order valence-electron chi connectivity index (χ0n) is 16.1. The van der Waals surface area contributed by atoms with Crippen LogP contribution in [0.2, 0.25) is 0 Å². The molecule has 1 N–H and O–H groups in total. The number of benzene rings is 3. The predicted octanol–water partition coefficient (Wildman–Crippen LogP) is 5.96. The summed E-state index contributed by atoms with van der Waals surface area (Å²) in [6.07, 6.45) is 0. The molecule has 0 radical (unpaired) electrons. The van der Waals surface area contributed by atoms with Crippen LogP contribution in [0, 0.1) is 41.0 Å². The van der Waals surface area contributed by atoms with Crippen LogP contribution in [0.5, 0.6) is 11.5 Å². The molecule has 0 saturated carbocycles. The van der Waals surface area contributed by atoms with E-state index in [0.29, 0.717) is 11.4 Å². The number of nitrogens with zero attached hydrogens (tertiary/aromatic N) is 2. The van der Waals surface area contributed by atoms with Crippen molar-refractivity contribution in [3.8, 4) is 11.5 Å². The predicted molar refractivity (Wildman–Crippen MR) is 110 cm³/mol. The summed E-state index contributed by atoms with van der Waals surface area (Å²) in [7, 11) is 0. The van der Waals surface area contributed by atoms with Crippen LogP contribution in [-0.2, 0) is 0 Å². The van der Waals surface area contributed by atoms with E-state index in [1.165, 1.54) is 6.07 Å². The third kappa shape index (κ3) is 4.32. The van der Waals surface area contributed by atoms with E-state index in [-0.39, 0.29) is 11.4 Å². The lowest BCUT2D eigenvalue weighted by Gasteiger charge is -2.14. The molecule has 0 atom stereocenters. The van der Waals surface area contributed by atoms with Crippen molar-refractivity contribution >= 4 is 22.7 Å². The Morgan fingerprint density at radius 2 is 1.41 bits per heavy atom. The minimum atomic E-state index is -0.689. The average molecular weight is 393 g/mol. The Morgan fingerprint density at radius 3 is 1.97 bits per heavy atom. The zero-order chi connectivity index (χ0) is 21.1. The molecule has 0 saturated heterocycles. The molecule has 0 amide bonds. The van der Waals surface area contributed by atoms with Gasteiger partial charge in [0.1, 0.15) is 17.5 Å². The Labute approximate surface area is 167 Å². The van der Waals surface area contributed by atoms with E-state index in [4.69, 9.17) is 4.74 Å². The Balaban J connectivity index is 2.12. The van der Waals surface area contributed by atoms with Crippen molar-refractivity contribution in [1.29, 1.82) is 0 Å². The minimum Gasteiger partial charge on any atom is -0.449 e. The lowest BCUT2D eigenvalue weighted by molar-refractivity contribution is -0.394. The van der Waals surface area contributed by atoms with Gasteiger partial charge in [0.2, 0.25) is 5.75 Å². The van der Waals surface area contributed by atoms with Crippen molar-refractivity contribution in [2.75, 3.05) is 5.32 Å². The van der Waals surface area contributed by atoms with Crippen LogP contribution >= 0.6 is 0 Å². The minimum absolute atomic E-state index is 0.0763. The van der Waals surface area contributed by atoms with Crippen molar-refractivity contribution < 1.29 is 14.6 Å². The van der Waals surface area contributed by atoms with E-state index < -0.39 is 21.2 Å². The highest BCUT2D eigenvalue weighted by atomic mass is 16.6. The third-order valence-corrected chi connectivity index (χ3v) is 4.42. The summed E-state index contributed by atoms with van der Waals surface area (Å²) in [5.74, 6) is 0.401. The molecule has 148 valence electrons. The number of para-hydroxylation sites is 1. The Kier molecular flexibility index (Phi) is 5.45. The summed E-state index contributed by atoms with van der Waals surface area (Å²) in [6.45, 7) is 5.57. The second kappa shape index (κ2) is 7.97. The molecule has 0 fully saturated rings. The molecule has 8 nitrogen and oxygen atoms in total. The van der Waals surface area contributed by atoms with Crippen LogP contribution in [0.3, 0.4) is 0 Å². The molecular formula is C21H19N3O5. The number of nitrogens with one attached hydrogen (secondary N) is 1. The molecule has 0 heterocycles. The van der Waals surface area contributed by atoms with Gasteiger partial charge in [-0.25, -0.2) is 0 Å². The maximum atomic E-state index is 11.5. The second-order valence-corrected chi connectivity index (χ2v) is 6.67. The smallest absolute Gasteiger partial charge is 0.318 e. The van der Waals surface area contributed by atoms with Crippen molar-refractivity contribution in [2.45, 2.75) is 20.8 Å². The average Bonchev–Trinajstić information content (AvgIpc) is 2.66. The first-order valence-corrected chi connectivity index (χ1v) is 8.81. The van der Waals surface area contributed by atoms with E-state index in [1.807, 2.05) is 51.1 Å². The van der Waals surface area contributed by atoms with Crippen LogP contribution in [0.4, 0.5) is 22.7 Å². The summed E-state index contributed by atoms with van der Waals surface area (Å²) in [5, 5.41) is 26.0. The number of nitro benzene ring substituents is 2. The monoisotopic (exact) mass is 393 g/mol. The fourth-order valence-corrected chi connectivity index (χ4v) is 2.90. The largest absolute Gasteiger partial charge is 0.449 e. The van der Waals surface area contributed by atoms with Gasteiger partial charge in [0.25, 0.3) is 5.69 Å². The van der Waals surface area contributed by atoms with Gasteiger partial charge in [-0.2, -0.15) is 0 Å². The van der Waals surface area contributed by atoms with Gasteiger partial charge >= 0.3 is 5.69 Å². The fourth-order valence-electron chi connectivity index (χ4n) is 2.90. The molecule has 0 aromatic heterocycles. The zero-order valence-corrected chi connectivity index (χ0v) is 16.1. The Morgan fingerprint density at radius 1 is 0.828 bits per heavy atom. The van der Waals surface area contributed by atoms with Crippen LogP contribution in [-0.4, -0.2) is 9.85 Å². The van der Waals surface area contributed by atoms with Crippen molar-refractivity contribution in [3.05, 3.63) is 91.5 Å². The van der Waals surface area contributed by atoms with Crippen LogP contribution in [0.25, 0.3) is 0 Å². The van der Waals surface area contributed by atoms with E-state index in [0.717, 1.165) is 22.8 Å². The summed E-state index contributed by atoms with van der Waals surface area (Å²) in [5.41, 5.74) is 2.46. The number of aryl methyl sites for hydroxylation is 3. The number of anilines is 2. The number of hydrogen-bond acceptors (Lipinski definition) is 6. The molecule has 0 aliphatic carbocycles. The van der Waals surface area contributed by atoms with E-state index in [1.54, 1.807) is 12.1 Å². The van der Waals surface area contributed by atoms with Gasteiger partial charge in [-0.1, -0.05) is 35.9 Å². The molecule has 0 bridgehead atoms. The van der Waals surface area contributed by atoms with Gasteiger partial charge in [-0.3, -0.25) is 20.2 Å². The summed E-state index contributed by atoms with van der Waals surface area (Å²) >= 11 is 0. The quantitative estimate of drug-likeness (QED) is 0.409. The lowest BCUT2D eigenvalue weighted by atomic mass is 10.1. The Hall–Kier alpha value is -3.94. The molecule has 3 aromatic rings. The molecule has 8 heteroatoms. The molecule has 3 aromatic carbocycles. The molecule has 0 spiro atoms. The number of nitro groups is 2. The normalized spacial score (nSPS) is 10.4. The third-order valence-electron chi connectivity index (χ3n) is 4.42. The van der Waals surface area contributed by atoms with Gasteiger partial charge in [0.15, 0.2) is 0 Å². The van der Waals surface area contributed by atoms with Crippen molar-refractivity contribution in [2.24, 2.45) is 0 Å². The lowest BCUT2D eigenvalue weighted by Crippen LogP contribution is -2.02. The van der Waals surface area contributed by atoms with Gasteiger partial charge in [0, 0.05) is 11.8 Å². The fraction of sp³-hybridized carbons (Fsp3) is 0.143. The summed E-state index contributed by atoms with van der Waals surface area (Å²) < 4.78 is 5.86. The standard InChI is InChI=1S/C21H19N3O5/c1-13-7-9-16(10-8-13)22-17-11-20(19(24(27)28)12-18(17)23(25)26)29-21-14(2)5-4-6-15(21)3/h4-12,22H,1-3H3. The maximum absolute atomic E-state index is 11.5. The molecule has 3 rings (SSSR count). The van der Waals surface area contributed by atoms with E-state index >= 15 is 0 Å². The van der Waals surface area contributed by atoms with Gasteiger partial charge in [0.05, 0.1) is 9.85 Å². The number of rotatable bonds is 6. The number of ether oxygens (including phenoxy) is 1. The highest BCUT2D eigenvalue weighted by molar-refractivity contribution is 5.75. The summed E-state index contributed by atoms with van der Waals surface area (Å²) in [6, 6.07) is 15.0. The first-order chi connectivity index (χ1) is 13.8. The van der Waals surface area contributed by atoms with Gasteiger partial charge in [-0.05, 0) is 44.0 Å². The van der Waals surface area contributed by atoms with Crippen LogP contribution in [0.15, 0.2) is 54.6 Å². The van der Waals surface area contributed by atoms with Crippen LogP contribution < -0.4 is 10.1 Å². The van der Waals surface area contributed by atoms with E-state index in [2.05, 4.69) is 5.32 Å². The first kappa shape index (κ1) is 19.8. The maximum Gasteiger partial charge on any atom is 0.318 e. The van der Waals surface area contributed by atoms with Crippen molar-refractivity contribution in [3.63, 3.8) is 0 Å². The molecular weight excluding hydrogens is 374 g/mol. The van der Waals surface area contributed by atoms with Crippen LogP contribution in [0.1, 0.15) is 16.7 Å². The molecule has 0 aliphatic rings. The highest BCUT2D eigenvalue weighted by Gasteiger charge is 2.27. The topological polar surface area (TPSA) is 108 Å². The van der Waals surface area contributed by atoms with Gasteiger partial charge in [-0.15, -0.1) is 0 Å². The van der Waals surface area contributed by atoms with Crippen molar-refractivity contribution in [1.82, 2.24) is 0 Å². The van der Waals surface area contributed by atoms with E-state index in [9.17, 15) is 20.2 Å². The molecule has 29 heavy (non-hydrogen) atoms. The Bertz CT molecular complexity index is 1070. The first-order valence-electron chi connectivity index (χ1n) is 8.81. The SMILES string of the molecule is Cc1ccc(Nc2cc(Oc3c(C)cccc3C)c([N+](=O)[O-])cc2[N+](=O)[O-])cc1.